The average Bonchev–Trinajstić information content (AvgIpc) is 2.35. The topological polar surface area (TPSA) is 58.2 Å². The van der Waals surface area contributed by atoms with Crippen LogP contribution in [0.4, 0.5) is 4.79 Å². The van der Waals surface area contributed by atoms with Gasteiger partial charge in [-0.15, -0.1) is 0 Å². The molecule has 0 bridgehead atoms. The lowest BCUT2D eigenvalue weighted by Crippen LogP contribution is -2.55. The molecule has 0 aromatic rings. The number of amides is 2. The van der Waals surface area contributed by atoms with Gasteiger partial charge in [0.25, 0.3) is 0 Å². The van der Waals surface area contributed by atoms with Crippen molar-refractivity contribution in [3.63, 3.8) is 0 Å². The Morgan fingerprint density at radius 1 is 1.05 bits per heavy atom. The van der Waals surface area contributed by atoms with Crippen molar-refractivity contribution in [3.05, 3.63) is 0 Å². The number of Topliss-reactive ketones (excluding diaryl/α,β-unsaturated/α-hetero) is 1. The maximum absolute atomic E-state index is 12.3. The maximum Gasteiger partial charge on any atom is 0.315 e. The summed E-state index contributed by atoms with van der Waals surface area (Å²) < 4.78 is 0. The molecule has 1 fully saturated rings. The normalized spacial score (nSPS) is 18.7. The highest BCUT2D eigenvalue weighted by Gasteiger charge is 2.34. The van der Waals surface area contributed by atoms with Gasteiger partial charge >= 0.3 is 6.03 Å². The summed E-state index contributed by atoms with van der Waals surface area (Å²) in [4.78, 5) is 24.4. The molecule has 4 heteroatoms. The Kier molecular flexibility index (Phi) is 6.03. The van der Waals surface area contributed by atoms with Gasteiger partial charge in [0.15, 0.2) is 5.78 Å². The van der Waals surface area contributed by atoms with Gasteiger partial charge in [-0.05, 0) is 18.3 Å². The van der Waals surface area contributed by atoms with Crippen molar-refractivity contribution in [2.45, 2.75) is 78.8 Å². The Balaban J connectivity index is 2.60. The lowest BCUT2D eigenvalue weighted by molar-refractivity contribution is -0.126. The minimum atomic E-state index is -0.439. The second-order valence-electron chi connectivity index (χ2n) is 7.31. The van der Waals surface area contributed by atoms with Gasteiger partial charge in [0.1, 0.15) is 0 Å². The zero-order chi connectivity index (χ0) is 15.3. The first-order valence-corrected chi connectivity index (χ1v) is 7.82. The number of nitrogens with one attached hydrogen (secondary N) is 2. The van der Waals surface area contributed by atoms with Gasteiger partial charge in [-0.1, -0.05) is 53.9 Å². The number of urea groups is 1. The third-order valence-electron chi connectivity index (χ3n) is 3.94. The number of carbonyl (C=O) groups excluding carboxylic acids is 2. The zero-order valence-corrected chi connectivity index (χ0v) is 13.6. The predicted molar refractivity (Wildman–Crippen MR) is 81.6 cm³/mol. The van der Waals surface area contributed by atoms with Gasteiger partial charge in [-0.25, -0.2) is 4.79 Å². The summed E-state index contributed by atoms with van der Waals surface area (Å²) in [7, 11) is 0. The smallest absolute Gasteiger partial charge is 0.315 e. The van der Waals surface area contributed by atoms with Crippen molar-refractivity contribution in [2.75, 3.05) is 0 Å². The van der Waals surface area contributed by atoms with Gasteiger partial charge in [0, 0.05) is 12.0 Å². The van der Waals surface area contributed by atoms with Crippen molar-refractivity contribution >= 4 is 11.8 Å². The van der Waals surface area contributed by atoms with Gasteiger partial charge in [0.05, 0.1) is 6.04 Å². The SMILES string of the molecule is CC(C)C(=O)C(NC(=O)NC1CCCCC1)C(C)(C)C. The van der Waals surface area contributed by atoms with Crippen molar-refractivity contribution < 1.29 is 9.59 Å². The van der Waals surface area contributed by atoms with E-state index in [-0.39, 0.29) is 29.2 Å². The second kappa shape index (κ2) is 7.09. The molecule has 1 aliphatic carbocycles. The predicted octanol–water partition coefficient (Wildman–Crippen LogP) is 3.26. The van der Waals surface area contributed by atoms with E-state index >= 15 is 0 Å². The number of rotatable bonds is 4. The Bertz CT molecular complexity index is 339. The molecular weight excluding hydrogens is 252 g/mol. The van der Waals surface area contributed by atoms with E-state index in [2.05, 4.69) is 10.6 Å². The molecule has 116 valence electrons. The molecule has 1 atom stereocenters. The molecule has 1 saturated carbocycles. The van der Waals surface area contributed by atoms with Crippen molar-refractivity contribution in [2.24, 2.45) is 11.3 Å². The Labute approximate surface area is 123 Å². The largest absolute Gasteiger partial charge is 0.335 e. The zero-order valence-electron chi connectivity index (χ0n) is 13.6. The fraction of sp³-hybridized carbons (Fsp3) is 0.875. The molecule has 2 N–H and O–H groups in total. The van der Waals surface area contributed by atoms with Crippen LogP contribution in [0.1, 0.15) is 66.7 Å². The first-order valence-electron chi connectivity index (χ1n) is 7.82. The summed E-state index contributed by atoms with van der Waals surface area (Å²) in [5.74, 6) is 0.0190. The number of carbonyl (C=O) groups is 2. The molecule has 1 aliphatic rings. The van der Waals surface area contributed by atoms with E-state index < -0.39 is 6.04 Å². The maximum atomic E-state index is 12.3. The molecule has 0 heterocycles. The van der Waals surface area contributed by atoms with Gasteiger partial charge in [-0.2, -0.15) is 0 Å². The van der Waals surface area contributed by atoms with Crippen LogP contribution in [0.25, 0.3) is 0 Å². The van der Waals surface area contributed by atoms with E-state index in [0.29, 0.717) is 0 Å². The van der Waals surface area contributed by atoms with Crippen LogP contribution in [0.3, 0.4) is 0 Å². The molecular formula is C16H30N2O2. The Morgan fingerprint density at radius 2 is 1.60 bits per heavy atom. The monoisotopic (exact) mass is 282 g/mol. The molecule has 0 saturated heterocycles. The Morgan fingerprint density at radius 3 is 2.05 bits per heavy atom. The third-order valence-corrected chi connectivity index (χ3v) is 3.94. The molecule has 0 aromatic carbocycles. The van der Waals surface area contributed by atoms with Gasteiger partial charge in [0.2, 0.25) is 0 Å². The molecule has 0 spiro atoms. The number of hydrogen-bond donors (Lipinski definition) is 2. The fourth-order valence-corrected chi connectivity index (χ4v) is 2.65. The molecule has 2 amide bonds. The molecule has 20 heavy (non-hydrogen) atoms. The van der Waals surface area contributed by atoms with Crippen LogP contribution in [-0.4, -0.2) is 23.9 Å². The van der Waals surface area contributed by atoms with Crippen LogP contribution < -0.4 is 10.6 Å². The van der Waals surface area contributed by atoms with Crippen LogP contribution in [0.5, 0.6) is 0 Å². The standard InChI is InChI=1S/C16H30N2O2/c1-11(2)13(19)14(16(3,4)5)18-15(20)17-12-9-7-6-8-10-12/h11-12,14H,6-10H2,1-5H3,(H2,17,18,20). The van der Waals surface area contributed by atoms with Crippen LogP contribution in [0.2, 0.25) is 0 Å². The summed E-state index contributed by atoms with van der Waals surface area (Å²) in [5.41, 5.74) is -0.273. The third kappa shape index (κ3) is 5.14. The summed E-state index contributed by atoms with van der Waals surface area (Å²) >= 11 is 0. The minimum absolute atomic E-state index is 0.0748. The van der Waals surface area contributed by atoms with Gasteiger partial charge in [-0.3, -0.25) is 4.79 Å². The second-order valence-corrected chi connectivity index (χ2v) is 7.31. The van der Waals surface area contributed by atoms with E-state index in [4.69, 9.17) is 0 Å². The van der Waals surface area contributed by atoms with Crippen LogP contribution in [-0.2, 0) is 4.79 Å². The van der Waals surface area contributed by atoms with Crippen LogP contribution in [0.15, 0.2) is 0 Å². The van der Waals surface area contributed by atoms with E-state index in [1.807, 2.05) is 34.6 Å². The highest BCUT2D eigenvalue weighted by atomic mass is 16.2. The van der Waals surface area contributed by atoms with E-state index in [1.165, 1.54) is 19.3 Å². The van der Waals surface area contributed by atoms with Crippen LogP contribution >= 0.6 is 0 Å². The lowest BCUT2D eigenvalue weighted by atomic mass is 9.81. The van der Waals surface area contributed by atoms with Crippen molar-refractivity contribution in [3.8, 4) is 0 Å². The van der Waals surface area contributed by atoms with Gasteiger partial charge < -0.3 is 10.6 Å². The molecule has 1 rings (SSSR count). The molecule has 0 aliphatic heterocycles. The average molecular weight is 282 g/mol. The number of ketones is 1. The quantitative estimate of drug-likeness (QED) is 0.831. The summed E-state index contributed by atoms with van der Waals surface area (Å²) in [6.45, 7) is 9.71. The minimum Gasteiger partial charge on any atom is -0.335 e. The summed E-state index contributed by atoms with van der Waals surface area (Å²) in [6.07, 6.45) is 5.71. The first-order chi connectivity index (χ1) is 9.21. The summed E-state index contributed by atoms with van der Waals surface area (Å²) in [5, 5.41) is 5.90. The van der Waals surface area contributed by atoms with Crippen LogP contribution in [0, 0.1) is 11.3 Å². The lowest BCUT2D eigenvalue weighted by Gasteiger charge is -2.32. The molecule has 4 nitrogen and oxygen atoms in total. The van der Waals surface area contributed by atoms with E-state index in [9.17, 15) is 9.59 Å². The number of hydrogen-bond acceptors (Lipinski definition) is 2. The van der Waals surface area contributed by atoms with E-state index in [0.717, 1.165) is 12.8 Å². The summed E-state index contributed by atoms with van der Waals surface area (Å²) in [6, 6.07) is -0.379. The highest BCUT2D eigenvalue weighted by Crippen LogP contribution is 2.23. The highest BCUT2D eigenvalue weighted by molar-refractivity contribution is 5.90. The van der Waals surface area contributed by atoms with Crippen molar-refractivity contribution in [1.29, 1.82) is 0 Å². The Hall–Kier alpha value is -1.06. The molecule has 0 aromatic heterocycles. The molecule has 1 unspecified atom stereocenters. The molecule has 0 radical (unpaired) electrons. The first kappa shape index (κ1) is 17.0. The van der Waals surface area contributed by atoms with E-state index in [1.54, 1.807) is 0 Å². The van der Waals surface area contributed by atoms with Crippen molar-refractivity contribution in [1.82, 2.24) is 10.6 Å². The fourth-order valence-electron chi connectivity index (χ4n) is 2.65.